The van der Waals surface area contributed by atoms with Crippen molar-refractivity contribution < 1.29 is 24.2 Å². The van der Waals surface area contributed by atoms with Crippen LogP contribution in [0.1, 0.15) is 163 Å². The SMILES string of the molecule is CC1CC2=C3C4C5=C6C(C=CC(C7CCCCC7)CC7C68C(=O)OC(=C(O)CC(CC6CCCCC6)N6CC9CC(C6)C(CC2)N3C9)C8(CC5)C72OC(=O)c3c(CCCN)cccc32)CC14. The Kier molecular flexibility index (Phi) is 9.50. The van der Waals surface area contributed by atoms with Crippen molar-refractivity contribution in [2.45, 2.75) is 166 Å². The normalized spacial score (nSPS) is 44.3. The van der Waals surface area contributed by atoms with E-state index in [0.29, 0.717) is 84.6 Å². The Balaban J connectivity index is 1.05. The van der Waals surface area contributed by atoms with Gasteiger partial charge in [0.05, 0.1) is 11.0 Å². The van der Waals surface area contributed by atoms with E-state index in [-0.39, 0.29) is 41.5 Å². The molecule has 16 aliphatic rings. The van der Waals surface area contributed by atoms with E-state index in [0.717, 1.165) is 62.9 Å². The number of fused-ring (bicyclic) bond motifs is 3. The molecule has 352 valence electrons. The fraction of sp³-hybridized carbons (Fsp3) is 0.724. The third kappa shape index (κ3) is 5.30. The predicted molar refractivity (Wildman–Crippen MR) is 253 cm³/mol. The number of aliphatic hydroxyl groups excluding tert-OH is 1. The highest BCUT2D eigenvalue weighted by atomic mass is 16.6. The molecular weight excluding hydrogens is 819 g/mol. The lowest BCUT2D eigenvalue weighted by molar-refractivity contribution is -0.282. The number of rotatable bonds is 6. The van der Waals surface area contributed by atoms with Gasteiger partial charge in [-0.3, -0.25) is 9.69 Å². The second kappa shape index (κ2) is 15.1. The topological polar surface area (TPSA) is 105 Å². The summed E-state index contributed by atoms with van der Waals surface area (Å²) in [6, 6.07) is 7.14. The highest BCUT2D eigenvalue weighted by Crippen LogP contribution is 2.88. The zero-order valence-electron chi connectivity index (χ0n) is 39.8. The quantitative estimate of drug-likeness (QED) is 0.215. The fourth-order valence-electron chi connectivity index (χ4n) is 19.8. The van der Waals surface area contributed by atoms with E-state index < -0.39 is 16.4 Å². The Morgan fingerprint density at radius 3 is 2.56 bits per heavy atom. The molecule has 3 N–H and O–H groups in total. The molecule has 12 bridgehead atoms. The first-order valence-corrected chi connectivity index (χ1v) is 27.6. The minimum absolute atomic E-state index is 0.112. The molecule has 3 spiro atoms. The number of nitrogens with zero attached hydrogens (tertiary/aromatic N) is 2. The summed E-state index contributed by atoms with van der Waals surface area (Å²) in [4.78, 5) is 37.3. The van der Waals surface area contributed by atoms with Crippen LogP contribution in [0.4, 0.5) is 0 Å². The van der Waals surface area contributed by atoms with Gasteiger partial charge < -0.3 is 25.2 Å². The Labute approximate surface area is 393 Å². The first-order valence-electron chi connectivity index (χ1n) is 27.6. The molecule has 3 saturated heterocycles. The van der Waals surface area contributed by atoms with Crippen LogP contribution < -0.4 is 5.73 Å². The molecule has 8 nitrogen and oxygen atoms in total. The standard InChI is InChI=1S/C58H75N3O5/c1-33-24-40-19-20-46-41-25-35-30-60(32-41)42(26-34-10-4-2-5-11-34)29-47(62)53-56-22-21-43-50(52(40)61(46)31-35)44(33)27-39-18-17-38(36-12-6-3-7-13-36)28-48(57(56,51(39)43)55(64)65-53)58(56)45-16-8-14-37(15-9-23-59)49(45)54(63)66-58/h8,14,16-18,33-36,38-39,41-42,44,46,48,50,62H,2-7,9-13,15,19-32,59H2,1H3. The van der Waals surface area contributed by atoms with Crippen molar-refractivity contribution in [2.24, 2.45) is 75.7 Å². The maximum Gasteiger partial charge on any atom is 0.339 e. The molecule has 7 aliphatic carbocycles. The number of carbonyl (C=O) groups excluding carboxylic acids is 2. The molecule has 66 heavy (non-hydrogen) atoms. The van der Waals surface area contributed by atoms with E-state index in [2.05, 4.69) is 47.1 Å². The molecule has 9 aliphatic heterocycles. The van der Waals surface area contributed by atoms with Crippen LogP contribution in [0.15, 0.2) is 64.3 Å². The van der Waals surface area contributed by atoms with Gasteiger partial charge in [-0.15, -0.1) is 0 Å². The van der Waals surface area contributed by atoms with Crippen LogP contribution in [0.25, 0.3) is 0 Å². The average Bonchev–Trinajstić information content (AvgIpc) is 3.78. The van der Waals surface area contributed by atoms with Crippen molar-refractivity contribution in [1.82, 2.24) is 9.80 Å². The van der Waals surface area contributed by atoms with Crippen molar-refractivity contribution >= 4 is 11.9 Å². The van der Waals surface area contributed by atoms with E-state index >= 15 is 9.59 Å². The average molecular weight is 894 g/mol. The number of benzene rings is 1. The molecule has 17 rings (SSSR count). The summed E-state index contributed by atoms with van der Waals surface area (Å²) < 4.78 is 14.5. The summed E-state index contributed by atoms with van der Waals surface area (Å²) in [5.41, 5.74) is 11.9. The molecule has 6 fully saturated rings. The number of aliphatic hydroxyl groups is 1. The van der Waals surface area contributed by atoms with E-state index in [4.69, 9.17) is 15.2 Å². The van der Waals surface area contributed by atoms with Crippen LogP contribution in [0, 0.1) is 70.0 Å². The summed E-state index contributed by atoms with van der Waals surface area (Å²) >= 11 is 0. The smallest absolute Gasteiger partial charge is 0.339 e. The third-order valence-corrected chi connectivity index (χ3v) is 22.0. The van der Waals surface area contributed by atoms with E-state index in [1.165, 1.54) is 101 Å². The number of hydrogen-bond acceptors (Lipinski definition) is 8. The lowest BCUT2D eigenvalue weighted by Crippen LogP contribution is -2.78. The predicted octanol–water partition coefficient (Wildman–Crippen LogP) is 10.8. The van der Waals surface area contributed by atoms with E-state index in [1.807, 2.05) is 0 Å². The number of piperidine rings is 2. The number of nitrogens with two attached hydrogens (primary N) is 1. The molecule has 9 heterocycles. The molecule has 14 atom stereocenters. The lowest BCUT2D eigenvalue weighted by Gasteiger charge is -2.73. The molecule has 0 aromatic heterocycles. The number of hydrogen-bond donors (Lipinski definition) is 2. The summed E-state index contributed by atoms with van der Waals surface area (Å²) in [5, 5.41) is 13.4. The Morgan fingerprint density at radius 2 is 1.73 bits per heavy atom. The zero-order chi connectivity index (χ0) is 44.3. The number of allylic oxidation sites excluding steroid dienone is 4. The van der Waals surface area contributed by atoms with Crippen LogP contribution in [-0.4, -0.2) is 65.1 Å². The van der Waals surface area contributed by atoms with Crippen LogP contribution >= 0.6 is 0 Å². The number of aryl methyl sites for hydroxylation is 1. The van der Waals surface area contributed by atoms with Gasteiger partial charge in [0, 0.05) is 61.2 Å². The van der Waals surface area contributed by atoms with Gasteiger partial charge in [-0.2, -0.15) is 0 Å². The first kappa shape index (κ1) is 41.6. The van der Waals surface area contributed by atoms with Crippen LogP contribution in [0.5, 0.6) is 0 Å². The van der Waals surface area contributed by atoms with Crippen LogP contribution in [-0.2, 0) is 26.3 Å². The molecule has 1 aromatic rings. The monoisotopic (exact) mass is 894 g/mol. The van der Waals surface area contributed by atoms with Gasteiger partial charge in [-0.05, 0) is 148 Å². The summed E-state index contributed by atoms with van der Waals surface area (Å²) in [5.74, 6) is 4.23. The molecule has 0 radical (unpaired) electrons. The molecule has 14 unspecified atom stereocenters. The zero-order valence-corrected chi connectivity index (χ0v) is 39.8. The van der Waals surface area contributed by atoms with Crippen molar-refractivity contribution in [3.05, 3.63) is 81.0 Å². The van der Waals surface area contributed by atoms with Gasteiger partial charge >= 0.3 is 11.9 Å². The maximum atomic E-state index is 16.3. The van der Waals surface area contributed by atoms with Crippen molar-refractivity contribution in [3.8, 4) is 0 Å². The first-order chi connectivity index (χ1) is 32.3. The van der Waals surface area contributed by atoms with Crippen molar-refractivity contribution in [3.63, 3.8) is 0 Å². The van der Waals surface area contributed by atoms with E-state index in [1.54, 1.807) is 11.3 Å². The lowest BCUT2D eigenvalue weighted by atomic mass is 9.27. The summed E-state index contributed by atoms with van der Waals surface area (Å²) in [6.45, 7) is 6.42. The fourth-order valence-corrected chi connectivity index (χ4v) is 19.8. The second-order valence-corrected chi connectivity index (χ2v) is 24.7. The number of ether oxygens (including phenoxy) is 2. The molecule has 3 saturated carbocycles. The van der Waals surface area contributed by atoms with Gasteiger partial charge in [0.25, 0.3) is 0 Å². The second-order valence-electron chi connectivity index (χ2n) is 24.7. The van der Waals surface area contributed by atoms with Crippen LogP contribution in [0.3, 0.4) is 0 Å². The Bertz CT molecular complexity index is 2370. The van der Waals surface area contributed by atoms with E-state index in [9.17, 15) is 5.11 Å². The van der Waals surface area contributed by atoms with Crippen molar-refractivity contribution in [2.75, 3.05) is 26.2 Å². The van der Waals surface area contributed by atoms with Gasteiger partial charge in [-0.25, -0.2) is 4.79 Å². The van der Waals surface area contributed by atoms with Gasteiger partial charge in [0.1, 0.15) is 11.2 Å². The summed E-state index contributed by atoms with van der Waals surface area (Å²) in [6.07, 6.45) is 29.3. The number of carbonyl (C=O) groups is 2. The van der Waals surface area contributed by atoms with Gasteiger partial charge in [-0.1, -0.05) is 99.8 Å². The minimum atomic E-state index is -1.13. The van der Waals surface area contributed by atoms with Gasteiger partial charge in [0.2, 0.25) is 0 Å². The number of esters is 2. The Morgan fingerprint density at radius 1 is 0.894 bits per heavy atom. The van der Waals surface area contributed by atoms with Crippen LogP contribution in [0.2, 0.25) is 0 Å². The molecular formula is C58H75N3O5. The summed E-state index contributed by atoms with van der Waals surface area (Å²) in [7, 11) is 0. The van der Waals surface area contributed by atoms with Crippen molar-refractivity contribution in [1.29, 1.82) is 0 Å². The minimum Gasteiger partial charge on any atom is -0.509 e. The van der Waals surface area contributed by atoms with Gasteiger partial charge in [0.15, 0.2) is 11.4 Å². The highest BCUT2D eigenvalue weighted by molar-refractivity contribution is 6.00. The third-order valence-electron chi connectivity index (χ3n) is 22.0. The largest absolute Gasteiger partial charge is 0.509 e. The molecule has 8 heteroatoms. The Hall–Kier alpha value is -3.36. The molecule has 0 amide bonds. The highest BCUT2D eigenvalue weighted by Gasteiger charge is 2.94. The maximum absolute atomic E-state index is 16.3. The molecule has 1 aromatic carbocycles.